The number of anilines is 1. The lowest BCUT2D eigenvalue weighted by atomic mass is 9.92. The van der Waals surface area contributed by atoms with Crippen LogP contribution in [0.1, 0.15) is 29.6 Å². The molecule has 0 saturated heterocycles. The Morgan fingerprint density at radius 2 is 2.10 bits per heavy atom. The number of benzene rings is 1. The van der Waals surface area contributed by atoms with E-state index in [0.717, 1.165) is 19.3 Å². The number of carbonyl (C=O) groups excluding carboxylic acids is 1. The molecule has 1 aromatic carbocycles. The van der Waals surface area contributed by atoms with Crippen LogP contribution in [0.2, 0.25) is 5.02 Å². The zero-order valence-corrected chi connectivity index (χ0v) is 12.1. The molecule has 1 aliphatic carbocycles. The molecular formula is C14H17ClN2O4. The third kappa shape index (κ3) is 3.65. The molecule has 0 unspecified atom stereocenters. The number of hydrogen-bond donors (Lipinski definition) is 3. The summed E-state index contributed by atoms with van der Waals surface area (Å²) in [7, 11) is 0. The van der Waals surface area contributed by atoms with Gasteiger partial charge >= 0.3 is 12.0 Å². The molecule has 2 rings (SSSR count). The van der Waals surface area contributed by atoms with E-state index in [1.165, 1.54) is 18.2 Å². The van der Waals surface area contributed by atoms with E-state index < -0.39 is 5.97 Å². The summed E-state index contributed by atoms with van der Waals surface area (Å²) in [4.78, 5) is 24.7. The van der Waals surface area contributed by atoms with Gasteiger partial charge in [0.1, 0.15) is 0 Å². The fraction of sp³-hybridized carbons (Fsp3) is 0.429. The van der Waals surface area contributed by atoms with Gasteiger partial charge in [-0.15, -0.1) is 0 Å². The first-order valence-corrected chi connectivity index (χ1v) is 7.12. The molecule has 0 heterocycles. The maximum Gasteiger partial charge on any atom is 0.335 e. The smallest absolute Gasteiger partial charge is 0.335 e. The highest BCUT2D eigenvalue weighted by molar-refractivity contribution is 6.34. The van der Waals surface area contributed by atoms with Crippen LogP contribution in [0.25, 0.3) is 0 Å². The lowest BCUT2D eigenvalue weighted by Gasteiger charge is -2.37. The van der Waals surface area contributed by atoms with Crippen molar-refractivity contribution < 1.29 is 19.8 Å². The van der Waals surface area contributed by atoms with Crippen molar-refractivity contribution in [2.24, 2.45) is 0 Å². The Hall–Kier alpha value is -1.79. The predicted molar refractivity (Wildman–Crippen MR) is 78.9 cm³/mol. The summed E-state index contributed by atoms with van der Waals surface area (Å²) in [6, 6.07) is 3.94. The monoisotopic (exact) mass is 312 g/mol. The summed E-state index contributed by atoms with van der Waals surface area (Å²) < 4.78 is 0. The predicted octanol–water partition coefficient (Wildman–Crippen LogP) is 2.42. The van der Waals surface area contributed by atoms with E-state index in [9.17, 15) is 9.59 Å². The molecule has 114 valence electrons. The summed E-state index contributed by atoms with van der Waals surface area (Å²) in [5.74, 6) is -1.08. The molecule has 1 aromatic rings. The zero-order chi connectivity index (χ0) is 15.4. The summed E-state index contributed by atoms with van der Waals surface area (Å²) in [6.45, 7) is 0.164. The van der Waals surface area contributed by atoms with Crippen molar-refractivity contribution in [1.29, 1.82) is 0 Å². The molecule has 0 spiro atoms. The van der Waals surface area contributed by atoms with E-state index in [1.807, 2.05) is 0 Å². The maximum atomic E-state index is 12.2. The van der Waals surface area contributed by atoms with E-state index in [0.29, 0.717) is 5.69 Å². The average molecular weight is 313 g/mol. The van der Waals surface area contributed by atoms with Crippen LogP contribution < -0.4 is 5.32 Å². The third-order valence-corrected chi connectivity index (χ3v) is 3.89. The molecule has 6 nitrogen and oxygen atoms in total. The van der Waals surface area contributed by atoms with Gasteiger partial charge in [0.2, 0.25) is 0 Å². The first-order valence-electron chi connectivity index (χ1n) is 6.74. The second-order valence-corrected chi connectivity index (χ2v) is 5.34. The van der Waals surface area contributed by atoms with E-state index >= 15 is 0 Å². The second kappa shape index (κ2) is 6.78. The number of urea groups is 1. The van der Waals surface area contributed by atoms with Crippen LogP contribution in [0.3, 0.4) is 0 Å². The number of carbonyl (C=O) groups is 2. The molecule has 1 fully saturated rings. The van der Waals surface area contributed by atoms with Crippen molar-refractivity contribution in [2.45, 2.75) is 25.3 Å². The Kier molecular flexibility index (Phi) is 5.03. The largest absolute Gasteiger partial charge is 0.478 e. The number of aromatic carboxylic acids is 1. The molecule has 7 heteroatoms. The maximum absolute atomic E-state index is 12.2. The summed E-state index contributed by atoms with van der Waals surface area (Å²) >= 11 is 5.98. The van der Waals surface area contributed by atoms with Crippen molar-refractivity contribution in [3.63, 3.8) is 0 Å². The van der Waals surface area contributed by atoms with Crippen molar-refractivity contribution in [3.05, 3.63) is 28.8 Å². The number of rotatable bonds is 5. The van der Waals surface area contributed by atoms with Gasteiger partial charge in [0.25, 0.3) is 0 Å². The second-order valence-electron chi connectivity index (χ2n) is 4.93. The van der Waals surface area contributed by atoms with E-state index in [-0.39, 0.29) is 35.8 Å². The molecule has 0 atom stereocenters. The fourth-order valence-corrected chi connectivity index (χ4v) is 2.42. The quantitative estimate of drug-likeness (QED) is 0.779. The molecule has 0 aromatic heterocycles. The van der Waals surface area contributed by atoms with Crippen LogP contribution in [0, 0.1) is 0 Å². The normalized spacial score (nSPS) is 14.4. The van der Waals surface area contributed by atoms with Crippen LogP contribution in [0.5, 0.6) is 0 Å². The van der Waals surface area contributed by atoms with Gasteiger partial charge in [0.15, 0.2) is 0 Å². The molecule has 1 saturated carbocycles. The molecule has 21 heavy (non-hydrogen) atoms. The number of aliphatic hydroxyl groups excluding tert-OH is 1. The standard InChI is InChI=1S/C14H17ClN2O4/c15-11-8-9(13(19)20)4-5-12(11)16-14(21)17(6-7-18)10-2-1-3-10/h4-5,8,10,18H,1-3,6-7H2,(H,16,21)(H,19,20). The molecule has 2 amide bonds. The van der Waals surface area contributed by atoms with Crippen LogP contribution >= 0.6 is 11.6 Å². The van der Waals surface area contributed by atoms with Gasteiger partial charge < -0.3 is 20.4 Å². The van der Waals surface area contributed by atoms with Crippen LogP contribution in [0.15, 0.2) is 18.2 Å². The number of amides is 2. The fourth-order valence-electron chi connectivity index (χ4n) is 2.19. The van der Waals surface area contributed by atoms with Gasteiger partial charge in [0.05, 0.1) is 22.9 Å². The van der Waals surface area contributed by atoms with Gasteiger partial charge in [-0.25, -0.2) is 9.59 Å². The number of carboxylic acids is 1. The first-order chi connectivity index (χ1) is 10.0. The van der Waals surface area contributed by atoms with Gasteiger partial charge in [-0.2, -0.15) is 0 Å². The zero-order valence-electron chi connectivity index (χ0n) is 11.4. The summed E-state index contributed by atoms with van der Waals surface area (Å²) in [5, 5.41) is 20.8. The van der Waals surface area contributed by atoms with E-state index in [1.54, 1.807) is 4.90 Å². The Morgan fingerprint density at radius 3 is 2.57 bits per heavy atom. The molecule has 1 aliphatic rings. The highest BCUT2D eigenvalue weighted by atomic mass is 35.5. The van der Waals surface area contributed by atoms with Crippen molar-refractivity contribution >= 4 is 29.3 Å². The molecular weight excluding hydrogens is 296 g/mol. The Balaban J connectivity index is 2.08. The Labute approximate surface area is 127 Å². The number of aliphatic hydroxyl groups is 1. The SMILES string of the molecule is O=C(O)c1ccc(NC(=O)N(CCO)C2CCC2)c(Cl)c1. The van der Waals surface area contributed by atoms with Gasteiger partial charge in [-0.1, -0.05) is 11.6 Å². The van der Waals surface area contributed by atoms with Gasteiger partial charge in [-0.3, -0.25) is 0 Å². The minimum Gasteiger partial charge on any atom is -0.478 e. The summed E-state index contributed by atoms with van der Waals surface area (Å²) in [6.07, 6.45) is 2.94. The van der Waals surface area contributed by atoms with Crippen molar-refractivity contribution in [1.82, 2.24) is 4.90 Å². The highest BCUT2D eigenvalue weighted by Crippen LogP contribution is 2.27. The number of halogens is 1. The lowest BCUT2D eigenvalue weighted by Crippen LogP contribution is -2.47. The third-order valence-electron chi connectivity index (χ3n) is 3.57. The number of hydrogen-bond acceptors (Lipinski definition) is 3. The molecule has 0 radical (unpaired) electrons. The van der Waals surface area contributed by atoms with Gasteiger partial charge in [0, 0.05) is 12.6 Å². The molecule has 3 N–H and O–H groups in total. The Morgan fingerprint density at radius 1 is 1.38 bits per heavy atom. The lowest BCUT2D eigenvalue weighted by molar-refractivity contribution is 0.0697. The minimum absolute atomic E-state index is 0.0595. The van der Waals surface area contributed by atoms with Gasteiger partial charge in [-0.05, 0) is 37.5 Å². The average Bonchev–Trinajstić information content (AvgIpc) is 2.38. The van der Waals surface area contributed by atoms with Crippen LogP contribution in [0.4, 0.5) is 10.5 Å². The van der Waals surface area contributed by atoms with E-state index in [4.69, 9.17) is 21.8 Å². The Bertz CT molecular complexity index is 546. The van der Waals surface area contributed by atoms with Crippen LogP contribution in [-0.4, -0.2) is 46.3 Å². The molecule has 0 aliphatic heterocycles. The number of nitrogens with one attached hydrogen (secondary N) is 1. The highest BCUT2D eigenvalue weighted by Gasteiger charge is 2.28. The number of carboxylic acid groups (broad SMARTS) is 1. The minimum atomic E-state index is -1.08. The topological polar surface area (TPSA) is 89.9 Å². The molecule has 0 bridgehead atoms. The van der Waals surface area contributed by atoms with E-state index in [2.05, 4.69) is 5.32 Å². The van der Waals surface area contributed by atoms with Crippen LogP contribution in [-0.2, 0) is 0 Å². The first kappa shape index (κ1) is 15.6. The van der Waals surface area contributed by atoms with Crippen molar-refractivity contribution in [3.8, 4) is 0 Å². The summed E-state index contributed by atoms with van der Waals surface area (Å²) in [5.41, 5.74) is 0.415. The number of nitrogens with zero attached hydrogens (tertiary/aromatic N) is 1. The van der Waals surface area contributed by atoms with Crippen molar-refractivity contribution in [2.75, 3.05) is 18.5 Å².